The Morgan fingerprint density at radius 1 is 1.32 bits per heavy atom. The van der Waals surface area contributed by atoms with Gasteiger partial charge in [-0.2, -0.15) is 0 Å². The molecule has 1 aliphatic heterocycles. The minimum atomic E-state index is -0.0703. The van der Waals surface area contributed by atoms with Crippen LogP contribution in [0.4, 0.5) is 0 Å². The minimum absolute atomic E-state index is 0.0703. The Kier molecular flexibility index (Phi) is 7.33. The van der Waals surface area contributed by atoms with Gasteiger partial charge in [0.15, 0.2) is 0 Å². The van der Waals surface area contributed by atoms with Gasteiger partial charge in [-0.3, -0.25) is 4.90 Å². The van der Waals surface area contributed by atoms with Gasteiger partial charge in [0.05, 0.1) is 5.60 Å². The summed E-state index contributed by atoms with van der Waals surface area (Å²) in [5.74, 6) is 0.934. The Labute approximate surface area is 119 Å². The highest BCUT2D eigenvalue weighted by Gasteiger charge is 2.27. The fraction of sp³-hybridized carbons (Fsp3) is 1.00. The quantitative estimate of drug-likeness (QED) is 0.773. The van der Waals surface area contributed by atoms with Crippen molar-refractivity contribution in [3.63, 3.8) is 0 Å². The van der Waals surface area contributed by atoms with Crippen LogP contribution in [0.1, 0.15) is 59.3 Å². The van der Waals surface area contributed by atoms with Crippen molar-refractivity contribution in [2.75, 3.05) is 26.7 Å². The van der Waals surface area contributed by atoms with Gasteiger partial charge in [-0.05, 0) is 58.5 Å². The molecule has 0 aromatic heterocycles. The Hall–Kier alpha value is -0.120. The van der Waals surface area contributed by atoms with Gasteiger partial charge in [0.2, 0.25) is 0 Å². The van der Waals surface area contributed by atoms with Crippen LogP contribution in [-0.2, 0) is 4.74 Å². The maximum atomic E-state index is 6.01. The third kappa shape index (κ3) is 5.80. The van der Waals surface area contributed by atoms with Crippen LogP contribution in [0, 0.1) is 5.92 Å². The van der Waals surface area contributed by atoms with Crippen LogP contribution in [0.5, 0.6) is 0 Å². The van der Waals surface area contributed by atoms with Gasteiger partial charge in [-0.15, -0.1) is 0 Å². The topological polar surface area (TPSA) is 38.5 Å². The fourth-order valence-corrected chi connectivity index (χ4v) is 3.26. The lowest BCUT2D eigenvalue weighted by atomic mass is 9.95. The molecule has 114 valence electrons. The van der Waals surface area contributed by atoms with Crippen molar-refractivity contribution >= 4 is 0 Å². The first-order chi connectivity index (χ1) is 9.02. The Bertz CT molecular complexity index is 243. The van der Waals surface area contributed by atoms with Gasteiger partial charge in [0.1, 0.15) is 0 Å². The van der Waals surface area contributed by atoms with E-state index in [4.69, 9.17) is 10.5 Å². The van der Waals surface area contributed by atoms with Gasteiger partial charge in [0.25, 0.3) is 0 Å². The van der Waals surface area contributed by atoms with Crippen molar-refractivity contribution < 1.29 is 4.74 Å². The molecule has 1 saturated heterocycles. The summed E-state index contributed by atoms with van der Waals surface area (Å²) in [4.78, 5) is 2.61. The molecule has 2 unspecified atom stereocenters. The van der Waals surface area contributed by atoms with Crippen LogP contribution >= 0.6 is 0 Å². The van der Waals surface area contributed by atoms with E-state index in [2.05, 4.69) is 25.7 Å². The Morgan fingerprint density at radius 3 is 2.63 bits per heavy atom. The van der Waals surface area contributed by atoms with Crippen LogP contribution in [0.3, 0.4) is 0 Å². The summed E-state index contributed by atoms with van der Waals surface area (Å²) < 4.78 is 5.57. The van der Waals surface area contributed by atoms with E-state index in [0.717, 1.165) is 18.9 Å². The lowest BCUT2D eigenvalue weighted by Crippen LogP contribution is -2.45. The summed E-state index contributed by atoms with van der Waals surface area (Å²) in [6.45, 7) is 9.78. The highest BCUT2D eigenvalue weighted by Crippen LogP contribution is 2.25. The predicted molar refractivity (Wildman–Crippen MR) is 82.4 cm³/mol. The van der Waals surface area contributed by atoms with E-state index in [9.17, 15) is 0 Å². The normalized spacial score (nSPS) is 24.2. The van der Waals surface area contributed by atoms with E-state index in [1.54, 1.807) is 7.11 Å². The molecule has 19 heavy (non-hydrogen) atoms. The summed E-state index contributed by atoms with van der Waals surface area (Å²) in [5.41, 5.74) is 5.94. The highest BCUT2D eigenvalue weighted by atomic mass is 16.5. The number of nitrogens with two attached hydrogens (primary N) is 1. The minimum Gasteiger partial charge on any atom is -0.379 e. The van der Waals surface area contributed by atoms with Crippen molar-refractivity contribution in [2.45, 2.75) is 70.9 Å². The molecule has 0 aromatic rings. The number of ether oxygens (including phenoxy) is 1. The molecule has 2 atom stereocenters. The SMILES string of the molecule is CCCC1CCCN(C(CN)CC(C)(C)OC)CC1. The van der Waals surface area contributed by atoms with E-state index in [-0.39, 0.29) is 5.60 Å². The maximum absolute atomic E-state index is 6.01. The molecule has 2 N–H and O–H groups in total. The average molecular weight is 270 g/mol. The van der Waals surface area contributed by atoms with Crippen molar-refractivity contribution in [2.24, 2.45) is 11.7 Å². The smallest absolute Gasteiger partial charge is 0.0638 e. The molecule has 0 aromatic carbocycles. The molecule has 0 saturated carbocycles. The van der Waals surface area contributed by atoms with E-state index in [1.165, 1.54) is 45.2 Å². The molecule has 1 fully saturated rings. The average Bonchev–Trinajstić information content (AvgIpc) is 2.62. The largest absolute Gasteiger partial charge is 0.379 e. The highest BCUT2D eigenvalue weighted by molar-refractivity contribution is 4.83. The van der Waals surface area contributed by atoms with Gasteiger partial charge < -0.3 is 10.5 Å². The number of hydrogen-bond acceptors (Lipinski definition) is 3. The van der Waals surface area contributed by atoms with Gasteiger partial charge in [0, 0.05) is 19.7 Å². The number of methoxy groups -OCH3 is 1. The van der Waals surface area contributed by atoms with Gasteiger partial charge in [-0.25, -0.2) is 0 Å². The van der Waals surface area contributed by atoms with Crippen LogP contribution in [-0.4, -0.2) is 43.3 Å². The van der Waals surface area contributed by atoms with Crippen molar-refractivity contribution in [1.82, 2.24) is 4.90 Å². The molecular weight excluding hydrogens is 236 g/mol. The first kappa shape index (κ1) is 16.9. The molecule has 0 bridgehead atoms. The van der Waals surface area contributed by atoms with Crippen LogP contribution < -0.4 is 5.73 Å². The molecule has 1 aliphatic rings. The number of nitrogens with zero attached hydrogens (tertiary/aromatic N) is 1. The maximum Gasteiger partial charge on any atom is 0.0638 e. The predicted octanol–water partition coefficient (Wildman–Crippen LogP) is 3.03. The van der Waals surface area contributed by atoms with Gasteiger partial charge in [-0.1, -0.05) is 19.8 Å². The molecule has 1 rings (SSSR count). The second-order valence-electron chi connectivity index (χ2n) is 6.68. The number of rotatable bonds is 7. The first-order valence-electron chi connectivity index (χ1n) is 8.01. The van der Waals surface area contributed by atoms with Crippen LogP contribution in [0.2, 0.25) is 0 Å². The van der Waals surface area contributed by atoms with Crippen LogP contribution in [0.15, 0.2) is 0 Å². The fourth-order valence-electron chi connectivity index (χ4n) is 3.26. The summed E-state index contributed by atoms with van der Waals surface area (Å²) in [6, 6.07) is 0.468. The third-order valence-corrected chi connectivity index (χ3v) is 4.65. The summed E-state index contributed by atoms with van der Waals surface area (Å²) in [7, 11) is 1.80. The van der Waals surface area contributed by atoms with Crippen molar-refractivity contribution in [3.8, 4) is 0 Å². The molecule has 0 spiro atoms. The summed E-state index contributed by atoms with van der Waals surface area (Å²) >= 11 is 0. The second-order valence-corrected chi connectivity index (χ2v) is 6.68. The molecule has 0 radical (unpaired) electrons. The lowest BCUT2D eigenvalue weighted by Gasteiger charge is -2.35. The summed E-state index contributed by atoms with van der Waals surface area (Å²) in [5, 5.41) is 0. The Morgan fingerprint density at radius 2 is 2.05 bits per heavy atom. The van der Waals surface area contributed by atoms with Crippen molar-refractivity contribution in [3.05, 3.63) is 0 Å². The van der Waals surface area contributed by atoms with E-state index >= 15 is 0 Å². The zero-order valence-electron chi connectivity index (χ0n) is 13.5. The van der Waals surface area contributed by atoms with E-state index < -0.39 is 0 Å². The van der Waals surface area contributed by atoms with Crippen LogP contribution in [0.25, 0.3) is 0 Å². The number of hydrogen-bond donors (Lipinski definition) is 1. The zero-order chi connectivity index (χ0) is 14.3. The van der Waals surface area contributed by atoms with Crippen molar-refractivity contribution in [1.29, 1.82) is 0 Å². The van der Waals surface area contributed by atoms with Gasteiger partial charge >= 0.3 is 0 Å². The Balaban J connectivity index is 2.52. The summed E-state index contributed by atoms with van der Waals surface area (Å²) in [6.07, 6.45) is 7.81. The van der Waals surface area contributed by atoms with E-state index in [0.29, 0.717) is 6.04 Å². The molecule has 3 nitrogen and oxygen atoms in total. The monoisotopic (exact) mass is 270 g/mol. The lowest BCUT2D eigenvalue weighted by molar-refractivity contribution is -0.00737. The zero-order valence-corrected chi connectivity index (χ0v) is 13.5. The van der Waals surface area contributed by atoms with E-state index in [1.807, 2.05) is 0 Å². The molecule has 0 amide bonds. The first-order valence-corrected chi connectivity index (χ1v) is 8.01. The molecule has 1 heterocycles. The third-order valence-electron chi connectivity index (χ3n) is 4.65. The molecule has 0 aliphatic carbocycles. The number of likely N-dealkylation sites (tertiary alicyclic amines) is 1. The second kappa shape index (κ2) is 8.23. The molecule has 3 heteroatoms. The molecular formula is C16H34N2O. The standard InChI is InChI=1S/C16H34N2O/c1-5-7-14-8-6-10-18(11-9-14)15(13-17)12-16(2,3)19-4/h14-15H,5-13,17H2,1-4H3.